The number of nitrogens with zero attached hydrogens (tertiary/aromatic N) is 1. The van der Waals surface area contributed by atoms with Crippen LogP contribution in [0, 0.1) is 17.3 Å². The molecular formula is C18H36N2S. The average molecular weight is 313 g/mol. The molecule has 2 rings (SSSR count). The highest BCUT2D eigenvalue weighted by molar-refractivity contribution is 8.00. The number of thioether (sulfide) groups is 1. The van der Waals surface area contributed by atoms with E-state index in [2.05, 4.69) is 63.6 Å². The van der Waals surface area contributed by atoms with Gasteiger partial charge in [-0.05, 0) is 43.6 Å². The SMILES string of the molecule is CNC1CCC(C(C)(C)C)CC1CN1CC(C)SC(C)C1. The van der Waals surface area contributed by atoms with Crippen molar-refractivity contribution in [3.05, 3.63) is 0 Å². The van der Waals surface area contributed by atoms with Crippen molar-refractivity contribution < 1.29 is 0 Å². The standard InChI is InChI=1S/C18H36N2S/c1-13-10-20(11-14(2)21-13)12-15-9-16(18(3,4)5)7-8-17(15)19-6/h13-17,19H,7-12H2,1-6H3. The minimum Gasteiger partial charge on any atom is -0.317 e. The first-order valence-electron chi connectivity index (χ1n) is 8.84. The zero-order valence-corrected chi connectivity index (χ0v) is 15.8. The predicted molar refractivity (Wildman–Crippen MR) is 96.1 cm³/mol. The molecule has 124 valence electrons. The van der Waals surface area contributed by atoms with Crippen LogP contribution in [-0.2, 0) is 0 Å². The Morgan fingerprint density at radius 3 is 2.24 bits per heavy atom. The van der Waals surface area contributed by atoms with Crippen molar-refractivity contribution in [2.24, 2.45) is 17.3 Å². The maximum absolute atomic E-state index is 3.61. The highest BCUT2D eigenvalue weighted by atomic mass is 32.2. The first-order valence-corrected chi connectivity index (χ1v) is 9.79. The number of rotatable bonds is 3. The van der Waals surface area contributed by atoms with Gasteiger partial charge in [-0.3, -0.25) is 0 Å². The van der Waals surface area contributed by atoms with Crippen LogP contribution in [0.2, 0.25) is 0 Å². The number of nitrogens with one attached hydrogen (secondary N) is 1. The molecule has 2 fully saturated rings. The Morgan fingerprint density at radius 1 is 1.10 bits per heavy atom. The largest absolute Gasteiger partial charge is 0.317 e. The lowest BCUT2D eigenvalue weighted by Gasteiger charge is -2.45. The Kier molecular flexibility index (Phi) is 6.07. The summed E-state index contributed by atoms with van der Waals surface area (Å²) in [5.74, 6) is 1.72. The summed E-state index contributed by atoms with van der Waals surface area (Å²) in [7, 11) is 2.16. The molecular weight excluding hydrogens is 276 g/mol. The minimum atomic E-state index is 0.468. The molecule has 5 atom stereocenters. The zero-order chi connectivity index (χ0) is 15.6. The van der Waals surface area contributed by atoms with Gasteiger partial charge in [0.2, 0.25) is 0 Å². The van der Waals surface area contributed by atoms with Gasteiger partial charge in [-0.1, -0.05) is 34.6 Å². The molecule has 1 saturated heterocycles. The van der Waals surface area contributed by atoms with Crippen LogP contribution < -0.4 is 5.32 Å². The van der Waals surface area contributed by atoms with Crippen LogP contribution in [0.4, 0.5) is 0 Å². The second-order valence-corrected chi connectivity index (χ2v) is 10.4. The van der Waals surface area contributed by atoms with Crippen molar-refractivity contribution in [3.8, 4) is 0 Å². The minimum absolute atomic E-state index is 0.468. The summed E-state index contributed by atoms with van der Waals surface area (Å²) >= 11 is 2.16. The summed E-state index contributed by atoms with van der Waals surface area (Å²) in [6, 6.07) is 0.726. The molecule has 5 unspecified atom stereocenters. The van der Waals surface area contributed by atoms with Crippen molar-refractivity contribution in [1.29, 1.82) is 0 Å². The van der Waals surface area contributed by atoms with Crippen LogP contribution >= 0.6 is 11.8 Å². The predicted octanol–water partition coefficient (Wildman–Crippen LogP) is 3.86. The first kappa shape index (κ1) is 17.6. The van der Waals surface area contributed by atoms with E-state index in [1.165, 1.54) is 38.9 Å². The molecule has 1 heterocycles. The lowest BCUT2D eigenvalue weighted by molar-refractivity contribution is 0.0891. The van der Waals surface area contributed by atoms with Crippen molar-refractivity contribution in [3.63, 3.8) is 0 Å². The highest BCUT2D eigenvalue weighted by Crippen LogP contribution is 2.41. The van der Waals surface area contributed by atoms with Crippen LogP contribution in [0.1, 0.15) is 53.9 Å². The summed E-state index contributed by atoms with van der Waals surface area (Å²) < 4.78 is 0. The summed E-state index contributed by atoms with van der Waals surface area (Å²) in [6.45, 7) is 15.9. The van der Waals surface area contributed by atoms with Crippen molar-refractivity contribution in [2.45, 2.75) is 70.4 Å². The van der Waals surface area contributed by atoms with Gasteiger partial charge in [0.15, 0.2) is 0 Å². The van der Waals surface area contributed by atoms with Gasteiger partial charge in [0.25, 0.3) is 0 Å². The van der Waals surface area contributed by atoms with Gasteiger partial charge in [-0.25, -0.2) is 0 Å². The highest BCUT2D eigenvalue weighted by Gasteiger charge is 2.36. The summed E-state index contributed by atoms with van der Waals surface area (Å²) in [5, 5.41) is 5.20. The van der Waals surface area contributed by atoms with E-state index in [9.17, 15) is 0 Å². The first-order chi connectivity index (χ1) is 9.79. The molecule has 0 aromatic heterocycles. The molecule has 2 nitrogen and oxygen atoms in total. The molecule has 0 spiro atoms. The van der Waals surface area contributed by atoms with Gasteiger partial charge in [-0.15, -0.1) is 0 Å². The van der Waals surface area contributed by atoms with Gasteiger partial charge in [0.1, 0.15) is 0 Å². The Morgan fingerprint density at radius 2 is 1.71 bits per heavy atom. The van der Waals surface area contributed by atoms with Crippen LogP contribution in [0.15, 0.2) is 0 Å². The molecule has 1 saturated carbocycles. The lowest BCUT2D eigenvalue weighted by Crippen LogP contribution is -2.49. The van der Waals surface area contributed by atoms with Crippen molar-refractivity contribution in [1.82, 2.24) is 10.2 Å². The van der Waals surface area contributed by atoms with Gasteiger partial charge in [0.05, 0.1) is 0 Å². The van der Waals surface area contributed by atoms with Crippen LogP contribution in [0.25, 0.3) is 0 Å². The van der Waals surface area contributed by atoms with E-state index in [4.69, 9.17) is 0 Å². The maximum atomic E-state index is 3.61. The normalized spacial score (nSPS) is 39.4. The fraction of sp³-hybridized carbons (Fsp3) is 1.00. The number of hydrogen-bond acceptors (Lipinski definition) is 3. The third-order valence-electron chi connectivity index (χ3n) is 5.57. The molecule has 3 heteroatoms. The number of hydrogen-bond donors (Lipinski definition) is 1. The Labute approximate surface area is 136 Å². The Hall–Kier alpha value is 0.270. The molecule has 0 amide bonds. The Bertz CT molecular complexity index is 316. The molecule has 0 radical (unpaired) electrons. The summed E-state index contributed by atoms with van der Waals surface area (Å²) in [6.07, 6.45) is 4.16. The van der Waals surface area contributed by atoms with Gasteiger partial charge < -0.3 is 10.2 Å². The fourth-order valence-corrected chi connectivity index (χ4v) is 5.78. The molecule has 1 aliphatic carbocycles. The quantitative estimate of drug-likeness (QED) is 0.852. The average Bonchev–Trinajstić information content (AvgIpc) is 2.36. The third-order valence-corrected chi connectivity index (χ3v) is 6.79. The second-order valence-electron chi connectivity index (χ2n) is 8.51. The maximum Gasteiger partial charge on any atom is 0.0149 e. The van der Waals surface area contributed by atoms with E-state index in [1.807, 2.05) is 0 Å². The molecule has 0 bridgehead atoms. The smallest absolute Gasteiger partial charge is 0.0149 e. The second kappa shape index (κ2) is 7.23. The molecule has 0 aromatic carbocycles. The molecule has 1 N–H and O–H groups in total. The van der Waals surface area contributed by atoms with Gasteiger partial charge >= 0.3 is 0 Å². The lowest BCUT2D eigenvalue weighted by atomic mass is 9.67. The van der Waals surface area contributed by atoms with Crippen LogP contribution in [0.3, 0.4) is 0 Å². The zero-order valence-electron chi connectivity index (χ0n) is 15.0. The van der Waals surface area contributed by atoms with E-state index in [0.29, 0.717) is 5.41 Å². The molecule has 21 heavy (non-hydrogen) atoms. The van der Waals surface area contributed by atoms with E-state index < -0.39 is 0 Å². The summed E-state index contributed by atoms with van der Waals surface area (Å²) in [5.41, 5.74) is 0.468. The van der Waals surface area contributed by atoms with Gasteiger partial charge in [-0.2, -0.15) is 11.8 Å². The molecule has 1 aliphatic heterocycles. The van der Waals surface area contributed by atoms with Crippen LogP contribution in [-0.4, -0.2) is 48.1 Å². The van der Waals surface area contributed by atoms with E-state index in [1.54, 1.807) is 0 Å². The van der Waals surface area contributed by atoms with Crippen molar-refractivity contribution >= 4 is 11.8 Å². The van der Waals surface area contributed by atoms with E-state index >= 15 is 0 Å². The van der Waals surface area contributed by atoms with E-state index in [0.717, 1.165) is 28.4 Å². The van der Waals surface area contributed by atoms with Crippen molar-refractivity contribution in [2.75, 3.05) is 26.7 Å². The Balaban J connectivity index is 1.97. The molecule has 2 aliphatic rings. The topological polar surface area (TPSA) is 15.3 Å². The molecule has 0 aromatic rings. The summed E-state index contributed by atoms with van der Waals surface area (Å²) in [4.78, 5) is 2.74. The monoisotopic (exact) mass is 312 g/mol. The van der Waals surface area contributed by atoms with Gasteiger partial charge in [0, 0.05) is 36.2 Å². The van der Waals surface area contributed by atoms with E-state index in [-0.39, 0.29) is 0 Å². The fourth-order valence-electron chi connectivity index (χ4n) is 4.40. The third kappa shape index (κ3) is 4.87. The van der Waals surface area contributed by atoms with Crippen LogP contribution in [0.5, 0.6) is 0 Å².